The number of aromatic nitrogens is 2. The van der Waals surface area contributed by atoms with Gasteiger partial charge in [-0.3, -0.25) is 4.79 Å². The maximum absolute atomic E-state index is 10.3. The number of aromatic amines is 1. The second-order valence-electron chi connectivity index (χ2n) is 3.42. The predicted octanol–water partition coefficient (Wildman–Crippen LogP) is 2.42. The zero-order valence-corrected chi connectivity index (χ0v) is 9.01. The number of aryl methyl sites for hydroxylation is 1. The van der Waals surface area contributed by atoms with Crippen LogP contribution >= 0.6 is 11.3 Å². The maximum atomic E-state index is 10.3. The van der Waals surface area contributed by atoms with Gasteiger partial charge in [0.2, 0.25) is 0 Å². The second-order valence-corrected chi connectivity index (χ2v) is 4.39. The van der Waals surface area contributed by atoms with Gasteiger partial charge in [0.1, 0.15) is 5.52 Å². The van der Waals surface area contributed by atoms with Crippen molar-refractivity contribution in [3.8, 4) is 0 Å². The van der Waals surface area contributed by atoms with Gasteiger partial charge >= 0.3 is 5.97 Å². The molecule has 5 heteroatoms. The smallest absolute Gasteiger partial charge is 0.303 e. The van der Waals surface area contributed by atoms with Crippen LogP contribution in [0.25, 0.3) is 11.0 Å². The SMILES string of the molecule is O=C(O)CCCCc1scc2[nH]cnc12. The first-order valence-corrected chi connectivity index (χ1v) is 5.76. The minimum atomic E-state index is -0.717. The Bertz CT molecular complexity index is 461. The second kappa shape index (κ2) is 4.44. The molecule has 2 heterocycles. The Morgan fingerprint density at radius 1 is 1.53 bits per heavy atom. The third-order valence-corrected chi connectivity index (χ3v) is 3.33. The monoisotopic (exact) mass is 224 g/mol. The van der Waals surface area contributed by atoms with Crippen LogP contribution in [-0.4, -0.2) is 21.0 Å². The summed E-state index contributed by atoms with van der Waals surface area (Å²) < 4.78 is 0. The minimum absolute atomic E-state index is 0.259. The summed E-state index contributed by atoms with van der Waals surface area (Å²) in [4.78, 5) is 18.8. The van der Waals surface area contributed by atoms with Crippen molar-refractivity contribution in [3.05, 3.63) is 16.6 Å². The van der Waals surface area contributed by atoms with E-state index in [0.717, 1.165) is 30.3 Å². The lowest BCUT2D eigenvalue weighted by molar-refractivity contribution is -0.137. The summed E-state index contributed by atoms with van der Waals surface area (Å²) in [7, 11) is 0. The predicted molar refractivity (Wildman–Crippen MR) is 59.2 cm³/mol. The van der Waals surface area contributed by atoms with E-state index in [0.29, 0.717) is 0 Å². The largest absolute Gasteiger partial charge is 0.481 e. The van der Waals surface area contributed by atoms with Crippen molar-refractivity contribution in [1.82, 2.24) is 9.97 Å². The quantitative estimate of drug-likeness (QED) is 0.766. The van der Waals surface area contributed by atoms with E-state index in [1.807, 2.05) is 0 Å². The van der Waals surface area contributed by atoms with Gasteiger partial charge in [0.05, 0.1) is 11.8 Å². The number of thiophene rings is 1. The van der Waals surface area contributed by atoms with Crippen molar-refractivity contribution >= 4 is 28.3 Å². The molecule has 2 aromatic rings. The number of aliphatic carboxylic acids is 1. The summed E-state index contributed by atoms with van der Waals surface area (Å²) >= 11 is 1.69. The Hall–Kier alpha value is -1.36. The lowest BCUT2D eigenvalue weighted by Gasteiger charge is -1.96. The number of hydrogen-bond acceptors (Lipinski definition) is 3. The average molecular weight is 224 g/mol. The molecule has 0 aliphatic carbocycles. The summed E-state index contributed by atoms with van der Waals surface area (Å²) in [6.45, 7) is 0. The van der Waals surface area contributed by atoms with E-state index in [9.17, 15) is 4.79 Å². The number of nitrogens with one attached hydrogen (secondary N) is 1. The number of unbranched alkanes of at least 4 members (excludes halogenated alkanes) is 1. The molecule has 2 rings (SSSR count). The summed E-state index contributed by atoms with van der Waals surface area (Å²) in [6.07, 6.45) is 4.52. The highest BCUT2D eigenvalue weighted by Crippen LogP contribution is 2.24. The number of carboxylic acids is 1. The molecule has 0 aromatic carbocycles. The first-order valence-electron chi connectivity index (χ1n) is 4.88. The minimum Gasteiger partial charge on any atom is -0.481 e. The fourth-order valence-corrected chi connectivity index (χ4v) is 2.52. The van der Waals surface area contributed by atoms with Crippen molar-refractivity contribution in [2.24, 2.45) is 0 Å². The van der Waals surface area contributed by atoms with E-state index in [1.54, 1.807) is 17.7 Å². The molecule has 0 fully saturated rings. The number of nitrogens with zero attached hydrogens (tertiary/aromatic N) is 1. The van der Waals surface area contributed by atoms with E-state index in [-0.39, 0.29) is 6.42 Å². The molecule has 0 saturated carbocycles. The van der Waals surface area contributed by atoms with Crippen LogP contribution in [0.15, 0.2) is 11.7 Å². The summed E-state index contributed by atoms with van der Waals surface area (Å²) in [5, 5.41) is 10.5. The lowest BCUT2D eigenvalue weighted by Crippen LogP contribution is -1.94. The van der Waals surface area contributed by atoms with Gasteiger partial charge in [0.15, 0.2) is 0 Å². The number of carbonyl (C=O) groups is 1. The highest BCUT2D eigenvalue weighted by molar-refractivity contribution is 7.11. The van der Waals surface area contributed by atoms with Crippen LogP contribution in [-0.2, 0) is 11.2 Å². The zero-order valence-electron chi connectivity index (χ0n) is 8.19. The van der Waals surface area contributed by atoms with Crippen molar-refractivity contribution in [3.63, 3.8) is 0 Å². The summed E-state index contributed by atoms with van der Waals surface area (Å²) in [6, 6.07) is 0. The first kappa shape index (κ1) is 10.2. The average Bonchev–Trinajstić information content (AvgIpc) is 2.74. The van der Waals surface area contributed by atoms with Crippen LogP contribution in [0.5, 0.6) is 0 Å². The molecule has 15 heavy (non-hydrogen) atoms. The van der Waals surface area contributed by atoms with Gasteiger partial charge in [-0.15, -0.1) is 11.3 Å². The molecule has 0 aliphatic rings. The molecular formula is C10H12N2O2S. The van der Waals surface area contributed by atoms with E-state index in [2.05, 4.69) is 15.3 Å². The van der Waals surface area contributed by atoms with Crippen molar-refractivity contribution < 1.29 is 9.90 Å². The summed E-state index contributed by atoms with van der Waals surface area (Å²) in [5.74, 6) is -0.717. The van der Waals surface area contributed by atoms with E-state index >= 15 is 0 Å². The van der Waals surface area contributed by atoms with Crippen LogP contribution in [0, 0.1) is 0 Å². The van der Waals surface area contributed by atoms with E-state index < -0.39 is 5.97 Å². The van der Waals surface area contributed by atoms with Crippen LogP contribution in [0.3, 0.4) is 0 Å². The fourth-order valence-electron chi connectivity index (χ4n) is 1.54. The molecule has 0 spiro atoms. The van der Waals surface area contributed by atoms with Crippen LogP contribution in [0.2, 0.25) is 0 Å². The van der Waals surface area contributed by atoms with E-state index in [4.69, 9.17) is 5.11 Å². The van der Waals surface area contributed by atoms with Crippen LogP contribution in [0.4, 0.5) is 0 Å². The van der Waals surface area contributed by atoms with Gasteiger partial charge in [0.25, 0.3) is 0 Å². The van der Waals surface area contributed by atoms with E-state index in [1.165, 1.54) is 4.88 Å². The number of carboxylic acid groups (broad SMARTS) is 1. The maximum Gasteiger partial charge on any atom is 0.303 e. The van der Waals surface area contributed by atoms with Crippen LogP contribution in [0.1, 0.15) is 24.1 Å². The molecule has 0 bridgehead atoms. The highest BCUT2D eigenvalue weighted by atomic mass is 32.1. The molecule has 80 valence electrons. The standard InChI is InChI=1S/C10H12N2O2S/c13-9(14)4-2-1-3-8-10-7(5-15-8)11-6-12-10/h5-6H,1-4H2,(H,11,12)(H,13,14). The van der Waals surface area contributed by atoms with Gasteiger partial charge in [0, 0.05) is 16.7 Å². The lowest BCUT2D eigenvalue weighted by atomic mass is 10.1. The Balaban J connectivity index is 1.90. The Morgan fingerprint density at radius 2 is 2.40 bits per heavy atom. The normalized spacial score (nSPS) is 10.9. The molecule has 0 aliphatic heterocycles. The molecule has 0 saturated heterocycles. The van der Waals surface area contributed by atoms with Crippen molar-refractivity contribution in [2.45, 2.75) is 25.7 Å². The molecule has 4 nitrogen and oxygen atoms in total. The molecule has 2 N–H and O–H groups in total. The fraction of sp³-hybridized carbons (Fsp3) is 0.400. The third-order valence-electron chi connectivity index (χ3n) is 2.30. The molecular weight excluding hydrogens is 212 g/mol. The number of H-pyrrole nitrogens is 1. The molecule has 0 radical (unpaired) electrons. The topological polar surface area (TPSA) is 66.0 Å². The molecule has 0 unspecified atom stereocenters. The van der Waals surface area contributed by atoms with Gasteiger partial charge in [-0.1, -0.05) is 0 Å². The molecule has 0 atom stereocenters. The third kappa shape index (κ3) is 2.36. The molecule has 0 amide bonds. The molecule has 2 aromatic heterocycles. The van der Waals surface area contributed by atoms with Gasteiger partial charge in [-0.25, -0.2) is 4.98 Å². The first-order chi connectivity index (χ1) is 7.27. The Morgan fingerprint density at radius 3 is 3.20 bits per heavy atom. The Labute approximate surface area is 91.0 Å². The van der Waals surface area contributed by atoms with Crippen LogP contribution < -0.4 is 0 Å². The number of fused-ring (bicyclic) bond motifs is 1. The van der Waals surface area contributed by atoms with Gasteiger partial charge < -0.3 is 10.1 Å². The number of imidazole rings is 1. The van der Waals surface area contributed by atoms with Crippen molar-refractivity contribution in [2.75, 3.05) is 0 Å². The van der Waals surface area contributed by atoms with Crippen molar-refractivity contribution in [1.29, 1.82) is 0 Å². The zero-order chi connectivity index (χ0) is 10.7. The van der Waals surface area contributed by atoms with Gasteiger partial charge in [-0.2, -0.15) is 0 Å². The Kier molecular flexibility index (Phi) is 3.01. The van der Waals surface area contributed by atoms with Gasteiger partial charge in [-0.05, 0) is 19.3 Å². The number of hydrogen-bond donors (Lipinski definition) is 2. The number of rotatable bonds is 5. The highest BCUT2D eigenvalue weighted by Gasteiger charge is 2.06. The summed E-state index contributed by atoms with van der Waals surface area (Å²) in [5.41, 5.74) is 2.11.